The van der Waals surface area contributed by atoms with Gasteiger partial charge in [0.2, 0.25) is 5.78 Å². The highest BCUT2D eigenvalue weighted by atomic mass is 19.4. The van der Waals surface area contributed by atoms with E-state index >= 15 is 0 Å². The SMILES string of the molecule is Cc1c(C(=O)C2C(=O)N(C)N=C2C(F)(F)F)nnn1-c1ccccc1. The molecule has 1 aliphatic rings. The molecule has 2 heterocycles. The Labute approximate surface area is 139 Å². The molecule has 0 saturated heterocycles. The number of amides is 1. The van der Waals surface area contributed by atoms with E-state index in [1.54, 1.807) is 30.3 Å². The number of Topliss-reactive ketones (excluding diaryl/α,β-unsaturated/α-hetero) is 1. The Morgan fingerprint density at radius 3 is 2.44 bits per heavy atom. The molecule has 0 fully saturated rings. The van der Waals surface area contributed by atoms with Crippen LogP contribution < -0.4 is 0 Å². The summed E-state index contributed by atoms with van der Waals surface area (Å²) in [4.78, 5) is 24.6. The first-order valence-corrected chi connectivity index (χ1v) is 7.17. The van der Waals surface area contributed by atoms with Crippen LogP contribution >= 0.6 is 0 Å². The molecule has 1 aliphatic heterocycles. The number of hydrazone groups is 1. The molecule has 0 bridgehead atoms. The number of ketones is 1. The lowest BCUT2D eigenvalue weighted by atomic mass is 9.95. The molecule has 2 aromatic rings. The van der Waals surface area contributed by atoms with Crippen LogP contribution in [0.15, 0.2) is 35.4 Å². The van der Waals surface area contributed by atoms with Gasteiger partial charge in [-0.2, -0.15) is 18.3 Å². The molecule has 130 valence electrons. The van der Waals surface area contributed by atoms with E-state index in [2.05, 4.69) is 15.4 Å². The van der Waals surface area contributed by atoms with Gasteiger partial charge in [-0.1, -0.05) is 23.4 Å². The number of benzene rings is 1. The molecule has 1 amide bonds. The highest BCUT2D eigenvalue weighted by Gasteiger charge is 2.53. The van der Waals surface area contributed by atoms with Crippen molar-refractivity contribution in [2.45, 2.75) is 13.1 Å². The van der Waals surface area contributed by atoms with Gasteiger partial charge in [0.05, 0.1) is 11.4 Å². The number of aromatic nitrogens is 3. The fraction of sp³-hybridized carbons (Fsp3) is 0.267. The van der Waals surface area contributed by atoms with Crippen LogP contribution in [0.25, 0.3) is 5.69 Å². The van der Waals surface area contributed by atoms with Crippen molar-refractivity contribution in [1.29, 1.82) is 0 Å². The third-order valence-corrected chi connectivity index (χ3v) is 3.78. The standard InChI is InChI=1S/C15H12F3N5O2/c1-8-11(19-21-23(8)9-6-4-3-5-7-9)12(24)10-13(15(16,17)18)20-22(2)14(10)25/h3-7,10H,1-2H3. The van der Waals surface area contributed by atoms with Gasteiger partial charge in [0.1, 0.15) is 0 Å². The van der Waals surface area contributed by atoms with E-state index in [1.807, 2.05) is 0 Å². The van der Waals surface area contributed by atoms with Crippen LogP contribution in [0.2, 0.25) is 0 Å². The molecule has 1 aromatic heterocycles. The average Bonchev–Trinajstić information content (AvgIpc) is 3.08. The first kappa shape index (κ1) is 16.8. The second kappa shape index (κ2) is 5.80. The second-order valence-electron chi connectivity index (χ2n) is 5.41. The largest absolute Gasteiger partial charge is 0.432 e. The van der Waals surface area contributed by atoms with Crippen molar-refractivity contribution >= 4 is 17.4 Å². The fourth-order valence-corrected chi connectivity index (χ4v) is 2.54. The zero-order chi connectivity index (χ0) is 18.4. The van der Waals surface area contributed by atoms with Gasteiger partial charge >= 0.3 is 6.18 Å². The fourth-order valence-electron chi connectivity index (χ4n) is 2.54. The zero-order valence-electron chi connectivity index (χ0n) is 13.2. The first-order chi connectivity index (χ1) is 11.7. The lowest BCUT2D eigenvalue weighted by Gasteiger charge is -2.11. The van der Waals surface area contributed by atoms with Crippen molar-refractivity contribution in [3.8, 4) is 5.69 Å². The summed E-state index contributed by atoms with van der Waals surface area (Å²) in [7, 11) is 1.06. The predicted octanol–water partition coefficient (Wildman–Crippen LogP) is 1.76. The van der Waals surface area contributed by atoms with Crippen LogP contribution in [0.5, 0.6) is 0 Å². The number of hydrogen-bond donors (Lipinski definition) is 0. The molecule has 1 aromatic carbocycles. The van der Waals surface area contributed by atoms with E-state index in [0.29, 0.717) is 10.7 Å². The molecular weight excluding hydrogens is 339 g/mol. The molecule has 7 nitrogen and oxygen atoms in total. The molecule has 1 atom stereocenters. The molecule has 1 unspecified atom stereocenters. The van der Waals surface area contributed by atoms with E-state index in [-0.39, 0.29) is 11.4 Å². The van der Waals surface area contributed by atoms with Crippen LogP contribution in [0.4, 0.5) is 13.2 Å². The number of carbonyl (C=O) groups is 2. The monoisotopic (exact) mass is 351 g/mol. The highest BCUT2D eigenvalue weighted by Crippen LogP contribution is 2.30. The van der Waals surface area contributed by atoms with Crippen molar-refractivity contribution in [1.82, 2.24) is 20.0 Å². The van der Waals surface area contributed by atoms with Crippen molar-refractivity contribution in [2.24, 2.45) is 11.0 Å². The summed E-state index contributed by atoms with van der Waals surface area (Å²) in [5.74, 6) is -4.19. The quantitative estimate of drug-likeness (QED) is 0.623. The van der Waals surface area contributed by atoms with Crippen molar-refractivity contribution < 1.29 is 22.8 Å². The maximum Gasteiger partial charge on any atom is 0.432 e. The van der Waals surface area contributed by atoms with Crippen molar-refractivity contribution in [3.05, 3.63) is 41.7 Å². The summed E-state index contributed by atoms with van der Waals surface area (Å²) in [6, 6.07) is 8.66. The summed E-state index contributed by atoms with van der Waals surface area (Å²) >= 11 is 0. The Balaban J connectivity index is 2.01. The molecule has 25 heavy (non-hydrogen) atoms. The number of nitrogens with zero attached hydrogens (tertiary/aromatic N) is 5. The maximum absolute atomic E-state index is 13.1. The van der Waals surface area contributed by atoms with Gasteiger partial charge in [0.15, 0.2) is 17.3 Å². The maximum atomic E-state index is 13.1. The van der Waals surface area contributed by atoms with Gasteiger partial charge in [-0.15, -0.1) is 5.10 Å². The Morgan fingerprint density at radius 1 is 1.20 bits per heavy atom. The third-order valence-electron chi connectivity index (χ3n) is 3.78. The molecule has 3 rings (SSSR count). The normalized spacial score (nSPS) is 17.8. The lowest BCUT2D eigenvalue weighted by Crippen LogP contribution is -2.38. The van der Waals surface area contributed by atoms with Crippen LogP contribution in [-0.2, 0) is 4.79 Å². The summed E-state index contributed by atoms with van der Waals surface area (Å²) in [6.07, 6.45) is -4.90. The minimum absolute atomic E-state index is 0.236. The third kappa shape index (κ3) is 2.79. The number of halogens is 3. The molecular formula is C15H12F3N5O2. The van der Waals surface area contributed by atoms with Gasteiger partial charge in [0.25, 0.3) is 5.91 Å². The summed E-state index contributed by atoms with van der Waals surface area (Å²) in [5.41, 5.74) is -0.917. The Hall–Kier alpha value is -3.04. The van der Waals surface area contributed by atoms with Crippen LogP contribution in [-0.4, -0.2) is 50.6 Å². The van der Waals surface area contributed by atoms with Gasteiger partial charge in [-0.3, -0.25) is 9.59 Å². The Morgan fingerprint density at radius 2 is 1.84 bits per heavy atom. The van der Waals surface area contributed by atoms with Crippen LogP contribution in [0.1, 0.15) is 16.2 Å². The second-order valence-corrected chi connectivity index (χ2v) is 5.41. The number of carbonyl (C=O) groups excluding carboxylic acids is 2. The highest BCUT2D eigenvalue weighted by molar-refractivity contribution is 6.28. The molecule has 0 radical (unpaired) electrons. The number of rotatable bonds is 3. The van der Waals surface area contributed by atoms with Crippen molar-refractivity contribution in [2.75, 3.05) is 7.05 Å². The van der Waals surface area contributed by atoms with Gasteiger partial charge < -0.3 is 0 Å². The molecule has 0 N–H and O–H groups in total. The molecule has 0 saturated carbocycles. The van der Waals surface area contributed by atoms with Gasteiger partial charge in [-0.25, -0.2) is 9.69 Å². The molecule has 0 aliphatic carbocycles. The van der Waals surface area contributed by atoms with Gasteiger partial charge in [-0.05, 0) is 19.1 Å². The van der Waals surface area contributed by atoms with Gasteiger partial charge in [0, 0.05) is 7.05 Å². The first-order valence-electron chi connectivity index (χ1n) is 7.17. The topological polar surface area (TPSA) is 80.5 Å². The lowest BCUT2D eigenvalue weighted by molar-refractivity contribution is -0.129. The number of para-hydroxylation sites is 1. The Bertz CT molecular complexity index is 873. The van der Waals surface area contributed by atoms with E-state index in [0.717, 1.165) is 7.05 Å². The van der Waals surface area contributed by atoms with E-state index in [1.165, 1.54) is 11.6 Å². The van der Waals surface area contributed by atoms with Crippen LogP contribution in [0.3, 0.4) is 0 Å². The van der Waals surface area contributed by atoms with E-state index in [9.17, 15) is 22.8 Å². The summed E-state index contributed by atoms with van der Waals surface area (Å²) in [5, 5.41) is 11.2. The van der Waals surface area contributed by atoms with E-state index in [4.69, 9.17) is 0 Å². The predicted molar refractivity (Wildman–Crippen MR) is 80.2 cm³/mol. The smallest absolute Gasteiger partial charge is 0.291 e. The van der Waals surface area contributed by atoms with Crippen molar-refractivity contribution in [3.63, 3.8) is 0 Å². The average molecular weight is 351 g/mol. The minimum Gasteiger partial charge on any atom is -0.291 e. The number of hydrogen-bond acceptors (Lipinski definition) is 5. The summed E-state index contributed by atoms with van der Waals surface area (Å²) in [6.45, 7) is 1.49. The number of alkyl halides is 3. The Kier molecular flexibility index (Phi) is 3.90. The zero-order valence-corrected chi connectivity index (χ0v) is 13.2. The minimum atomic E-state index is -4.90. The summed E-state index contributed by atoms with van der Waals surface area (Å²) < 4.78 is 40.6. The van der Waals surface area contributed by atoms with E-state index < -0.39 is 29.5 Å². The van der Waals surface area contributed by atoms with Crippen LogP contribution in [0, 0.1) is 12.8 Å². The molecule has 10 heteroatoms. The molecule has 0 spiro atoms.